The first-order valence-corrected chi connectivity index (χ1v) is 11.6. The van der Waals surface area contributed by atoms with Crippen LogP contribution in [0.2, 0.25) is 0 Å². The highest BCUT2D eigenvalue weighted by Crippen LogP contribution is 2.35. The number of aromatic nitrogens is 2. The number of carbonyl (C=O) groups is 1. The Labute approximate surface area is 194 Å². The molecule has 3 heterocycles. The summed E-state index contributed by atoms with van der Waals surface area (Å²) in [6.07, 6.45) is 1.45. The van der Waals surface area contributed by atoms with Crippen molar-refractivity contribution in [2.24, 2.45) is 0 Å². The Morgan fingerprint density at radius 2 is 1.91 bits per heavy atom. The lowest BCUT2D eigenvalue weighted by Crippen LogP contribution is -2.34. The molecule has 33 heavy (non-hydrogen) atoms. The molecule has 0 fully saturated rings. The summed E-state index contributed by atoms with van der Waals surface area (Å²) < 4.78 is 12.5. The minimum atomic E-state index is -0.267. The van der Waals surface area contributed by atoms with Crippen LogP contribution in [0.25, 0.3) is 20.7 Å². The number of amides is 1. The predicted molar refractivity (Wildman–Crippen MR) is 128 cm³/mol. The highest BCUT2D eigenvalue weighted by Gasteiger charge is 2.19. The molecule has 2 aromatic carbocycles. The number of nitrogens with one attached hydrogen (secondary N) is 1. The zero-order valence-electron chi connectivity index (χ0n) is 18.3. The normalized spacial score (nSPS) is 13.6. The van der Waals surface area contributed by atoms with Crippen LogP contribution in [0.1, 0.15) is 24.1 Å². The van der Waals surface area contributed by atoms with Gasteiger partial charge in [-0.25, -0.2) is 4.98 Å². The van der Waals surface area contributed by atoms with Crippen LogP contribution in [-0.4, -0.2) is 28.7 Å². The molecule has 0 spiro atoms. The SMILES string of the molecule is Cc1c(-c2ccccc2)sc2ncn(CC(=O)NC(C)c3ccc4c(c3)OCCO4)c(=O)c12. The van der Waals surface area contributed by atoms with E-state index in [1.807, 2.05) is 62.4 Å². The lowest BCUT2D eigenvalue weighted by molar-refractivity contribution is -0.122. The number of thiophene rings is 1. The lowest BCUT2D eigenvalue weighted by Gasteiger charge is -2.21. The van der Waals surface area contributed by atoms with Crippen molar-refractivity contribution in [3.05, 3.63) is 76.3 Å². The third-order valence-corrected chi connectivity index (χ3v) is 6.96. The maximum atomic E-state index is 13.2. The number of carbonyl (C=O) groups excluding carboxylic acids is 1. The Morgan fingerprint density at radius 1 is 1.15 bits per heavy atom. The topological polar surface area (TPSA) is 82.5 Å². The van der Waals surface area contributed by atoms with Crippen LogP contribution in [0, 0.1) is 6.92 Å². The van der Waals surface area contributed by atoms with Gasteiger partial charge in [0.2, 0.25) is 5.91 Å². The average molecular weight is 462 g/mol. The van der Waals surface area contributed by atoms with Crippen molar-refractivity contribution in [2.75, 3.05) is 13.2 Å². The zero-order chi connectivity index (χ0) is 22.9. The van der Waals surface area contributed by atoms with E-state index in [0.717, 1.165) is 21.6 Å². The van der Waals surface area contributed by atoms with Crippen LogP contribution in [0.3, 0.4) is 0 Å². The number of hydrogen-bond acceptors (Lipinski definition) is 6. The van der Waals surface area contributed by atoms with E-state index in [2.05, 4.69) is 10.3 Å². The van der Waals surface area contributed by atoms with Gasteiger partial charge in [-0.1, -0.05) is 36.4 Å². The van der Waals surface area contributed by atoms with E-state index in [1.54, 1.807) is 0 Å². The number of hydrogen-bond donors (Lipinski definition) is 1. The quantitative estimate of drug-likeness (QED) is 0.484. The summed E-state index contributed by atoms with van der Waals surface area (Å²) in [5.74, 6) is 1.11. The van der Waals surface area contributed by atoms with Gasteiger partial charge in [0, 0.05) is 4.88 Å². The average Bonchev–Trinajstić information content (AvgIpc) is 3.18. The summed E-state index contributed by atoms with van der Waals surface area (Å²) in [7, 11) is 0. The summed E-state index contributed by atoms with van der Waals surface area (Å²) in [6, 6.07) is 15.3. The molecule has 1 aliphatic heterocycles. The molecule has 2 aromatic heterocycles. The van der Waals surface area contributed by atoms with Gasteiger partial charge >= 0.3 is 0 Å². The first-order chi connectivity index (χ1) is 16.0. The number of ether oxygens (including phenoxy) is 2. The molecule has 0 bridgehead atoms. The smallest absolute Gasteiger partial charge is 0.262 e. The Kier molecular flexibility index (Phi) is 5.60. The molecule has 4 aromatic rings. The third kappa shape index (κ3) is 4.09. The number of nitrogens with zero attached hydrogens (tertiary/aromatic N) is 2. The molecule has 1 atom stereocenters. The molecule has 168 valence electrons. The van der Waals surface area contributed by atoms with Crippen LogP contribution >= 0.6 is 11.3 Å². The molecule has 1 unspecified atom stereocenters. The van der Waals surface area contributed by atoms with Crippen molar-refractivity contribution < 1.29 is 14.3 Å². The van der Waals surface area contributed by atoms with Crippen molar-refractivity contribution in [2.45, 2.75) is 26.4 Å². The van der Waals surface area contributed by atoms with Gasteiger partial charge in [0.25, 0.3) is 5.56 Å². The van der Waals surface area contributed by atoms with E-state index >= 15 is 0 Å². The van der Waals surface area contributed by atoms with E-state index in [9.17, 15) is 9.59 Å². The van der Waals surface area contributed by atoms with Crippen LogP contribution in [0.15, 0.2) is 59.7 Å². The second kappa shape index (κ2) is 8.71. The Bertz CT molecular complexity index is 1390. The number of rotatable bonds is 5. The maximum absolute atomic E-state index is 13.2. The zero-order valence-corrected chi connectivity index (χ0v) is 19.1. The minimum Gasteiger partial charge on any atom is -0.486 e. The van der Waals surface area contributed by atoms with E-state index < -0.39 is 0 Å². The summed E-state index contributed by atoms with van der Waals surface area (Å²) >= 11 is 1.49. The van der Waals surface area contributed by atoms with Crippen molar-refractivity contribution in [1.82, 2.24) is 14.9 Å². The fourth-order valence-corrected chi connectivity index (χ4v) is 5.14. The largest absolute Gasteiger partial charge is 0.486 e. The van der Waals surface area contributed by atoms with Gasteiger partial charge in [-0.2, -0.15) is 0 Å². The number of aryl methyl sites for hydroxylation is 1. The van der Waals surface area contributed by atoms with Crippen LogP contribution in [0.4, 0.5) is 0 Å². The van der Waals surface area contributed by atoms with Gasteiger partial charge in [-0.3, -0.25) is 14.2 Å². The van der Waals surface area contributed by atoms with Gasteiger partial charge in [-0.15, -0.1) is 11.3 Å². The van der Waals surface area contributed by atoms with Gasteiger partial charge in [-0.05, 0) is 42.7 Å². The third-order valence-electron chi connectivity index (χ3n) is 5.71. The lowest BCUT2D eigenvalue weighted by atomic mass is 10.1. The van der Waals surface area contributed by atoms with Gasteiger partial charge in [0.05, 0.1) is 17.8 Å². The summed E-state index contributed by atoms with van der Waals surface area (Å²) in [4.78, 5) is 32.1. The molecule has 8 heteroatoms. The molecule has 0 saturated heterocycles. The second-order valence-electron chi connectivity index (χ2n) is 7.97. The summed E-state index contributed by atoms with van der Waals surface area (Å²) in [5, 5.41) is 3.52. The molecular weight excluding hydrogens is 438 g/mol. The maximum Gasteiger partial charge on any atom is 0.262 e. The molecule has 0 aliphatic carbocycles. The molecule has 1 amide bonds. The van der Waals surface area contributed by atoms with E-state index in [0.29, 0.717) is 34.9 Å². The molecular formula is C25H23N3O4S. The molecule has 0 saturated carbocycles. The summed E-state index contributed by atoms with van der Waals surface area (Å²) in [6.45, 7) is 4.75. The molecule has 7 nitrogen and oxygen atoms in total. The van der Waals surface area contributed by atoms with Crippen molar-refractivity contribution in [3.8, 4) is 21.9 Å². The van der Waals surface area contributed by atoms with E-state index in [1.165, 1.54) is 22.2 Å². The van der Waals surface area contributed by atoms with Crippen molar-refractivity contribution in [1.29, 1.82) is 0 Å². The van der Waals surface area contributed by atoms with Crippen molar-refractivity contribution >= 4 is 27.5 Å². The molecule has 1 aliphatic rings. The minimum absolute atomic E-state index is 0.105. The predicted octanol–water partition coefficient (Wildman–Crippen LogP) is 4.08. The van der Waals surface area contributed by atoms with E-state index in [4.69, 9.17) is 9.47 Å². The van der Waals surface area contributed by atoms with Crippen LogP contribution in [0.5, 0.6) is 11.5 Å². The Morgan fingerprint density at radius 3 is 2.70 bits per heavy atom. The first-order valence-electron chi connectivity index (χ1n) is 10.7. The van der Waals surface area contributed by atoms with Gasteiger partial charge < -0.3 is 14.8 Å². The Balaban J connectivity index is 1.35. The monoisotopic (exact) mass is 461 g/mol. The van der Waals surface area contributed by atoms with Crippen LogP contribution in [-0.2, 0) is 11.3 Å². The Hall–Kier alpha value is -3.65. The van der Waals surface area contributed by atoms with E-state index in [-0.39, 0.29) is 24.1 Å². The first kappa shape index (κ1) is 21.2. The summed E-state index contributed by atoms with van der Waals surface area (Å²) in [5.41, 5.74) is 2.63. The fourth-order valence-electron chi connectivity index (χ4n) is 3.99. The highest BCUT2D eigenvalue weighted by molar-refractivity contribution is 7.22. The standard InChI is InChI=1S/C25H23N3O4S/c1-15-22-24(33-23(15)17-6-4-3-5-7-17)26-14-28(25(22)30)13-21(29)27-16(2)18-8-9-19-20(12-18)32-11-10-31-19/h3-9,12,14,16H,10-11,13H2,1-2H3,(H,27,29). The molecule has 1 N–H and O–H groups in total. The van der Waals surface area contributed by atoms with Crippen molar-refractivity contribution in [3.63, 3.8) is 0 Å². The second-order valence-corrected chi connectivity index (χ2v) is 8.97. The van der Waals surface area contributed by atoms with Gasteiger partial charge in [0.1, 0.15) is 24.6 Å². The molecule has 0 radical (unpaired) electrons. The highest BCUT2D eigenvalue weighted by atomic mass is 32.1. The van der Waals surface area contributed by atoms with Crippen LogP contribution < -0.4 is 20.3 Å². The molecule has 5 rings (SSSR count). The van der Waals surface area contributed by atoms with Gasteiger partial charge in [0.15, 0.2) is 11.5 Å². The number of fused-ring (bicyclic) bond motifs is 2. The number of benzene rings is 2. The fraction of sp³-hybridized carbons (Fsp3) is 0.240.